The summed E-state index contributed by atoms with van der Waals surface area (Å²) in [5.41, 5.74) is 0. The predicted octanol–water partition coefficient (Wildman–Crippen LogP) is 2.50. The van der Waals surface area contributed by atoms with Crippen LogP contribution in [0.2, 0.25) is 0 Å². The maximum absolute atomic E-state index is 5.55. The molecular formula is C13H23N3O2S. The topological polar surface area (TPSA) is 49.2 Å². The number of rotatable bonds is 7. The SMILES string of the molecule is CCOC(CSc1nnc2n1CCCCC2)OCC. The fraction of sp³-hybridized carbons (Fsp3) is 0.846. The first-order valence-corrected chi connectivity index (χ1v) is 8.11. The summed E-state index contributed by atoms with van der Waals surface area (Å²) in [6.45, 7) is 6.35. The van der Waals surface area contributed by atoms with E-state index in [2.05, 4.69) is 14.8 Å². The highest BCUT2D eigenvalue weighted by atomic mass is 32.2. The summed E-state index contributed by atoms with van der Waals surface area (Å²) in [6.07, 6.45) is 4.63. The first kappa shape index (κ1) is 14.8. The van der Waals surface area contributed by atoms with Gasteiger partial charge in [0, 0.05) is 26.2 Å². The van der Waals surface area contributed by atoms with E-state index in [-0.39, 0.29) is 6.29 Å². The van der Waals surface area contributed by atoms with Gasteiger partial charge in [-0.15, -0.1) is 10.2 Å². The summed E-state index contributed by atoms with van der Waals surface area (Å²) in [6, 6.07) is 0. The van der Waals surface area contributed by atoms with Crippen molar-refractivity contribution in [1.82, 2.24) is 14.8 Å². The molecule has 1 aromatic rings. The lowest BCUT2D eigenvalue weighted by molar-refractivity contribution is -0.120. The van der Waals surface area contributed by atoms with Crippen molar-refractivity contribution in [2.24, 2.45) is 0 Å². The Morgan fingerprint density at radius 1 is 1.16 bits per heavy atom. The number of aryl methyl sites for hydroxylation is 1. The normalized spacial score (nSPS) is 15.5. The van der Waals surface area contributed by atoms with Crippen molar-refractivity contribution in [1.29, 1.82) is 0 Å². The van der Waals surface area contributed by atoms with Gasteiger partial charge in [-0.2, -0.15) is 0 Å². The first-order valence-electron chi connectivity index (χ1n) is 7.13. The third kappa shape index (κ3) is 4.19. The van der Waals surface area contributed by atoms with E-state index in [1.807, 2.05) is 13.8 Å². The molecule has 0 aliphatic carbocycles. The van der Waals surface area contributed by atoms with Crippen molar-refractivity contribution in [2.75, 3.05) is 19.0 Å². The van der Waals surface area contributed by atoms with Crippen LogP contribution in [0.25, 0.3) is 0 Å². The maximum atomic E-state index is 5.55. The Hall–Kier alpha value is -0.590. The monoisotopic (exact) mass is 285 g/mol. The van der Waals surface area contributed by atoms with Crippen LogP contribution >= 0.6 is 11.8 Å². The Kier molecular flexibility index (Phi) is 6.13. The van der Waals surface area contributed by atoms with Gasteiger partial charge < -0.3 is 14.0 Å². The molecule has 0 radical (unpaired) electrons. The molecule has 0 N–H and O–H groups in total. The zero-order valence-electron chi connectivity index (χ0n) is 11.8. The molecule has 0 fully saturated rings. The lowest BCUT2D eigenvalue weighted by atomic mass is 10.2. The molecule has 0 spiro atoms. The molecule has 108 valence electrons. The molecule has 0 unspecified atom stereocenters. The van der Waals surface area contributed by atoms with Crippen LogP contribution in [-0.4, -0.2) is 40.0 Å². The highest BCUT2D eigenvalue weighted by molar-refractivity contribution is 7.99. The van der Waals surface area contributed by atoms with E-state index >= 15 is 0 Å². The Morgan fingerprint density at radius 3 is 2.68 bits per heavy atom. The standard InChI is InChI=1S/C13H23N3O2S/c1-3-17-12(18-4-2)10-19-13-15-14-11-8-6-5-7-9-16(11)13/h12H,3-10H2,1-2H3. The summed E-state index contributed by atoms with van der Waals surface area (Å²) < 4.78 is 13.4. The Balaban J connectivity index is 1.93. The molecule has 2 heterocycles. The van der Waals surface area contributed by atoms with E-state index in [1.165, 1.54) is 19.3 Å². The average Bonchev–Trinajstić information content (AvgIpc) is 2.64. The van der Waals surface area contributed by atoms with Crippen LogP contribution in [0.4, 0.5) is 0 Å². The van der Waals surface area contributed by atoms with Crippen LogP contribution in [0.15, 0.2) is 5.16 Å². The zero-order valence-corrected chi connectivity index (χ0v) is 12.6. The highest BCUT2D eigenvalue weighted by Gasteiger charge is 2.17. The molecule has 0 aromatic carbocycles. The van der Waals surface area contributed by atoms with Gasteiger partial charge in [-0.1, -0.05) is 18.2 Å². The lowest BCUT2D eigenvalue weighted by Crippen LogP contribution is -2.20. The molecule has 1 aliphatic rings. The van der Waals surface area contributed by atoms with E-state index in [0.717, 1.165) is 29.7 Å². The average molecular weight is 285 g/mol. The number of nitrogens with zero attached hydrogens (tertiary/aromatic N) is 3. The van der Waals surface area contributed by atoms with Crippen LogP contribution in [-0.2, 0) is 22.4 Å². The van der Waals surface area contributed by atoms with Gasteiger partial charge in [-0.05, 0) is 26.7 Å². The quantitative estimate of drug-likeness (QED) is 0.569. The van der Waals surface area contributed by atoms with Gasteiger partial charge in [-0.3, -0.25) is 0 Å². The zero-order chi connectivity index (χ0) is 13.5. The summed E-state index contributed by atoms with van der Waals surface area (Å²) >= 11 is 1.68. The second-order valence-corrected chi connectivity index (χ2v) is 5.50. The van der Waals surface area contributed by atoms with Crippen LogP contribution in [0.5, 0.6) is 0 Å². The lowest BCUT2D eigenvalue weighted by Gasteiger charge is -2.16. The third-order valence-corrected chi connectivity index (χ3v) is 4.13. The van der Waals surface area contributed by atoms with Crippen molar-refractivity contribution in [2.45, 2.75) is 57.5 Å². The molecule has 2 rings (SSSR count). The Bertz CT molecular complexity index is 378. The molecule has 0 atom stereocenters. The summed E-state index contributed by atoms with van der Waals surface area (Å²) in [5, 5.41) is 9.59. The minimum absolute atomic E-state index is 0.154. The summed E-state index contributed by atoms with van der Waals surface area (Å²) in [4.78, 5) is 0. The van der Waals surface area contributed by atoms with Crippen molar-refractivity contribution in [3.63, 3.8) is 0 Å². The van der Waals surface area contributed by atoms with Crippen molar-refractivity contribution in [3.8, 4) is 0 Å². The summed E-state index contributed by atoms with van der Waals surface area (Å²) in [7, 11) is 0. The first-order chi connectivity index (χ1) is 9.35. The number of aromatic nitrogens is 3. The molecule has 0 saturated heterocycles. The van der Waals surface area contributed by atoms with E-state index in [9.17, 15) is 0 Å². The van der Waals surface area contributed by atoms with Crippen LogP contribution in [0, 0.1) is 0 Å². The highest BCUT2D eigenvalue weighted by Crippen LogP contribution is 2.23. The van der Waals surface area contributed by atoms with Crippen LogP contribution < -0.4 is 0 Å². The van der Waals surface area contributed by atoms with Crippen molar-refractivity contribution >= 4 is 11.8 Å². The molecule has 1 aliphatic heterocycles. The largest absolute Gasteiger partial charge is 0.352 e. The maximum Gasteiger partial charge on any atom is 0.191 e. The van der Waals surface area contributed by atoms with Gasteiger partial charge in [0.25, 0.3) is 0 Å². The number of fused-ring (bicyclic) bond motifs is 1. The van der Waals surface area contributed by atoms with Gasteiger partial charge in [0.2, 0.25) is 0 Å². The van der Waals surface area contributed by atoms with Gasteiger partial charge in [0.1, 0.15) is 5.82 Å². The molecular weight excluding hydrogens is 262 g/mol. The van der Waals surface area contributed by atoms with E-state index in [0.29, 0.717) is 13.2 Å². The molecule has 0 saturated carbocycles. The molecule has 5 nitrogen and oxygen atoms in total. The number of ether oxygens (including phenoxy) is 2. The number of hydrogen-bond acceptors (Lipinski definition) is 5. The number of hydrogen-bond donors (Lipinski definition) is 0. The fourth-order valence-electron chi connectivity index (χ4n) is 2.22. The molecule has 0 bridgehead atoms. The summed E-state index contributed by atoms with van der Waals surface area (Å²) in [5.74, 6) is 1.89. The van der Waals surface area contributed by atoms with Crippen molar-refractivity contribution in [3.05, 3.63) is 5.82 Å². The molecule has 1 aromatic heterocycles. The minimum Gasteiger partial charge on any atom is -0.352 e. The Morgan fingerprint density at radius 2 is 1.95 bits per heavy atom. The van der Waals surface area contributed by atoms with Crippen LogP contribution in [0.3, 0.4) is 0 Å². The molecule has 19 heavy (non-hydrogen) atoms. The van der Waals surface area contributed by atoms with Gasteiger partial charge in [-0.25, -0.2) is 0 Å². The fourth-order valence-corrected chi connectivity index (χ4v) is 3.15. The van der Waals surface area contributed by atoms with E-state index in [1.54, 1.807) is 11.8 Å². The second kappa shape index (κ2) is 7.87. The van der Waals surface area contributed by atoms with Crippen molar-refractivity contribution < 1.29 is 9.47 Å². The smallest absolute Gasteiger partial charge is 0.191 e. The van der Waals surface area contributed by atoms with E-state index in [4.69, 9.17) is 9.47 Å². The van der Waals surface area contributed by atoms with Gasteiger partial charge >= 0.3 is 0 Å². The predicted molar refractivity (Wildman–Crippen MR) is 75.3 cm³/mol. The Labute approximate surface area is 119 Å². The molecule has 6 heteroatoms. The second-order valence-electron chi connectivity index (χ2n) is 4.51. The third-order valence-electron chi connectivity index (χ3n) is 3.13. The van der Waals surface area contributed by atoms with E-state index < -0.39 is 0 Å². The molecule has 0 amide bonds. The van der Waals surface area contributed by atoms with Crippen LogP contribution in [0.1, 0.15) is 38.9 Å². The minimum atomic E-state index is -0.154. The van der Waals surface area contributed by atoms with Gasteiger partial charge in [0.15, 0.2) is 11.4 Å². The van der Waals surface area contributed by atoms with Gasteiger partial charge in [0.05, 0.1) is 5.75 Å². The number of thioether (sulfide) groups is 1.